The van der Waals surface area contributed by atoms with E-state index in [0.29, 0.717) is 50.5 Å². The molecular weight excluding hydrogens is 657 g/mol. The predicted molar refractivity (Wildman–Crippen MR) is 227 cm³/mol. The lowest BCUT2D eigenvalue weighted by atomic mass is 9.91. The molecule has 0 aromatic heterocycles. The van der Waals surface area contributed by atoms with Crippen LogP contribution in [0.3, 0.4) is 0 Å². The van der Waals surface area contributed by atoms with E-state index < -0.39 is 0 Å². The molecular formula is C47H92N2O4. The normalized spacial score (nSPS) is 15.0. The third kappa shape index (κ3) is 28.9. The van der Waals surface area contributed by atoms with E-state index in [2.05, 4.69) is 32.6 Å². The highest BCUT2D eigenvalue weighted by atomic mass is 16.5. The fourth-order valence-corrected chi connectivity index (χ4v) is 8.21. The zero-order valence-corrected chi connectivity index (χ0v) is 36.1. The van der Waals surface area contributed by atoms with E-state index in [1.54, 1.807) is 0 Å². The first-order valence-electron chi connectivity index (χ1n) is 23.7. The number of ether oxygens (including phenoxy) is 2. The number of unbranched alkanes of at least 4 members (excludes halogenated alkanes) is 17. The molecule has 1 rings (SSSR count). The summed E-state index contributed by atoms with van der Waals surface area (Å²) in [6.07, 6.45) is 38.0. The van der Waals surface area contributed by atoms with Crippen LogP contribution in [0.25, 0.3) is 0 Å². The van der Waals surface area contributed by atoms with Gasteiger partial charge in [-0.05, 0) is 69.7 Å². The number of hydrogen-bond donors (Lipinski definition) is 1. The molecule has 0 aliphatic heterocycles. The summed E-state index contributed by atoms with van der Waals surface area (Å²) in [6, 6.07) is 0.703. The van der Waals surface area contributed by atoms with E-state index in [4.69, 9.17) is 15.2 Å². The maximum absolute atomic E-state index is 13.3. The standard InChI is InChI=1S/C47H92N2O4/c1-5-9-13-17-19-23-30-42(28-21-15-11-7-3)38-46(50)52-40-44(32-25-26-36-49(37-35-48)45-33-27-34-45)41-53-47(51)39-43(29-22-16-12-8-4)31-24-20-18-14-10-6-2/h42-45H,5-41,48H2,1-4H3. The zero-order chi connectivity index (χ0) is 38.6. The summed E-state index contributed by atoms with van der Waals surface area (Å²) in [7, 11) is 0. The Bertz CT molecular complexity index is 768. The third-order valence-electron chi connectivity index (χ3n) is 12.0. The van der Waals surface area contributed by atoms with Crippen LogP contribution in [0.15, 0.2) is 0 Å². The largest absolute Gasteiger partial charge is 0.465 e. The molecule has 0 heterocycles. The van der Waals surface area contributed by atoms with E-state index in [9.17, 15) is 9.59 Å². The van der Waals surface area contributed by atoms with Crippen molar-refractivity contribution in [2.75, 3.05) is 32.8 Å². The van der Waals surface area contributed by atoms with E-state index in [0.717, 1.165) is 58.0 Å². The van der Waals surface area contributed by atoms with Crippen molar-refractivity contribution < 1.29 is 19.1 Å². The molecule has 0 saturated heterocycles. The number of rotatable bonds is 40. The van der Waals surface area contributed by atoms with Crippen molar-refractivity contribution in [3.8, 4) is 0 Å². The molecule has 2 N–H and O–H groups in total. The number of carbonyl (C=O) groups excluding carboxylic acids is 2. The lowest BCUT2D eigenvalue weighted by Crippen LogP contribution is -2.43. The molecule has 0 spiro atoms. The Balaban J connectivity index is 2.75. The van der Waals surface area contributed by atoms with Crippen LogP contribution >= 0.6 is 0 Å². The second-order valence-corrected chi connectivity index (χ2v) is 17.1. The minimum absolute atomic E-state index is 0.0534. The van der Waals surface area contributed by atoms with Crippen LogP contribution < -0.4 is 5.73 Å². The fraction of sp³-hybridized carbons (Fsp3) is 0.957. The molecule has 1 aliphatic carbocycles. The topological polar surface area (TPSA) is 81.9 Å². The number of hydrogen-bond acceptors (Lipinski definition) is 6. The summed E-state index contributed by atoms with van der Waals surface area (Å²) in [4.78, 5) is 29.2. The smallest absolute Gasteiger partial charge is 0.306 e. The highest BCUT2D eigenvalue weighted by Crippen LogP contribution is 2.27. The molecule has 6 heteroatoms. The molecule has 0 aromatic rings. The van der Waals surface area contributed by atoms with Gasteiger partial charge in [0.15, 0.2) is 0 Å². The Hall–Kier alpha value is -1.14. The van der Waals surface area contributed by atoms with Gasteiger partial charge in [0.2, 0.25) is 0 Å². The highest BCUT2D eigenvalue weighted by molar-refractivity contribution is 5.70. The Labute approximate surface area is 330 Å². The molecule has 1 saturated carbocycles. The maximum Gasteiger partial charge on any atom is 0.306 e. The highest BCUT2D eigenvalue weighted by Gasteiger charge is 2.24. The van der Waals surface area contributed by atoms with Gasteiger partial charge in [0.1, 0.15) is 0 Å². The summed E-state index contributed by atoms with van der Waals surface area (Å²) in [6.45, 7) is 12.5. The zero-order valence-electron chi connectivity index (χ0n) is 36.1. The van der Waals surface area contributed by atoms with Gasteiger partial charge in [-0.15, -0.1) is 0 Å². The molecule has 0 aromatic carbocycles. The van der Waals surface area contributed by atoms with Crippen molar-refractivity contribution in [1.29, 1.82) is 0 Å². The van der Waals surface area contributed by atoms with Gasteiger partial charge >= 0.3 is 11.9 Å². The van der Waals surface area contributed by atoms with Crippen LogP contribution in [0.4, 0.5) is 0 Å². The van der Waals surface area contributed by atoms with Crippen LogP contribution in [0.1, 0.15) is 233 Å². The average Bonchev–Trinajstić information content (AvgIpc) is 3.12. The Morgan fingerprint density at radius 2 is 0.868 bits per heavy atom. The second kappa shape index (κ2) is 36.5. The van der Waals surface area contributed by atoms with Gasteiger partial charge < -0.3 is 15.2 Å². The number of nitrogens with zero attached hydrogens (tertiary/aromatic N) is 1. The first-order chi connectivity index (χ1) is 26.0. The van der Waals surface area contributed by atoms with Crippen LogP contribution in [-0.4, -0.2) is 55.7 Å². The minimum Gasteiger partial charge on any atom is -0.465 e. The maximum atomic E-state index is 13.3. The van der Waals surface area contributed by atoms with E-state index in [1.165, 1.54) is 148 Å². The van der Waals surface area contributed by atoms with Crippen molar-refractivity contribution in [1.82, 2.24) is 4.90 Å². The molecule has 1 fully saturated rings. The van der Waals surface area contributed by atoms with Crippen molar-refractivity contribution in [2.24, 2.45) is 23.5 Å². The van der Waals surface area contributed by atoms with Crippen molar-refractivity contribution >= 4 is 11.9 Å². The van der Waals surface area contributed by atoms with Crippen LogP contribution in [0, 0.1) is 17.8 Å². The van der Waals surface area contributed by atoms with Crippen LogP contribution in [0.2, 0.25) is 0 Å². The molecule has 0 amide bonds. The Morgan fingerprint density at radius 1 is 0.509 bits per heavy atom. The quantitative estimate of drug-likeness (QED) is 0.0496. The summed E-state index contributed by atoms with van der Waals surface area (Å²) in [5.74, 6) is 0.777. The predicted octanol–water partition coefficient (Wildman–Crippen LogP) is 13.1. The molecule has 2 atom stereocenters. The summed E-state index contributed by atoms with van der Waals surface area (Å²) >= 11 is 0. The van der Waals surface area contributed by atoms with Gasteiger partial charge in [0, 0.05) is 37.9 Å². The molecule has 0 bridgehead atoms. The SMILES string of the molecule is CCCCCCCCC(CCCCCC)CC(=O)OCC(CCCCN(CCN)C1CCC1)COC(=O)CC(CCCCCC)CCCCCCCC. The molecule has 2 unspecified atom stereocenters. The Morgan fingerprint density at radius 3 is 1.25 bits per heavy atom. The monoisotopic (exact) mass is 749 g/mol. The van der Waals surface area contributed by atoms with Crippen molar-refractivity contribution in [3.63, 3.8) is 0 Å². The van der Waals surface area contributed by atoms with Gasteiger partial charge in [-0.2, -0.15) is 0 Å². The van der Waals surface area contributed by atoms with E-state index in [1.807, 2.05) is 0 Å². The number of carbonyl (C=O) groups is 2. The molecule has 314 valence electrons. The van der Waals surface area contributed by atoms with E-state index in [-0.39, 0.29) is 17.9 Å². The first-order valence-corrected chi connectivity index (χ1v) is 23.7. The Kier molecular flexibility index (Phi) is 34.3. The van der Waals surface area contributed by atoms with Crippen molar-refractivity contribution in [2.45, 2.75) is 239 Å². The number of nitrogens with two attached hydrogens (primary N) is 1. The van der Waals surface area contributed by atoms with Gasteiger partial charge in [-0.3, -0.25) is 14.5 Å². The molecule has 6 nitrogen and oxygen atoms in total. The van der Waals surface area contributed by atoms with Gasteiger partial charge in [-0.1, -0.05) is 169 Å². The second-order valence-electron chi connectivity index (χ2n) is 17.1. The fourth-order valence-electron chi connectivity index (χ4n) is 8.21. The summed E-state index contributed by atoms with van der Waals surface area (Å²) in [5.41, 5.74) is 5.95. The van der Waals surface area contributed by atoms with Gasteiger partial charge in [0.25, 0.3) is 0 Å². The lowest BCUT2D eigenvalue weighted by Gasteiger charge is -2.37. The van der Waals surface area contributed by atoms with Crippen LogP contribution in [-0.2, 0) is 19.1 Å². The molecule has 1 aliphatic rings. The average molecular weight is 749 g/mol. The minimum atomic E-state index is -0.0574. The summed E-state index contributed by atoms with van der Waals surface area (Å²) in [5, 5.41) is 0. The first kappa shape index (κ1) is 49.9. The molecule has 53 heavy (non-hydrogen) atoms. The van der Waals surface area contributed by atoms with E-state index >= 15 is 0 Å². The van der Waals surface area contributed by atoms with Crippen molar-refractivity contribution in [3.05, 3.63) is 0 Å². The lowest BCUT2D eigenvalue weighted by molar-refractivity contribution is -0.150. The van der Waals surface area contributed by atoms with Gasteiger partial charge in [0.05, 0.1) is 13.2 Å². The van der Waals surface area contributed by atoms with Gasteiger partial charge in [-0.25, -0.2) is 0 Å². The third-order valence-corrected chi connectivity index (χ3v) is 12.0. The number of esters is 2. The van der Waals surface area contributed by atoms with Crippen LogP contribution in [0.5, 0.6) is 0 Å². The summed E-state index contributed by atoms with van der Waals surface area (Å²) < 4.78 is 12.1. The molecule has 0 radical (unpaired) electrons.